The molecular weight excluding hydrogens is 250 g/mol. The molecule has 2 aromatic heterocycles. The Bertz CT molecular complexity index is 507. The third-order valence-electron chi connectivity index (χ3n) is 2.55. The highest BCUT2D eigenvalue weighted by Crippen LogP contribution is 2.26. The molecule has 0 fully saturated rings. The number of aromatic nitrogens is 2. The Morgan fingerprint density at radius 3 is 3.06 bits per heavy atom. The van der Waals surface area contributed by atoms with E-state index in [1.54, 1.807) is 12.1 Å². The molecule has 0 aliphatic heterocycles. The van der Waals surface area contributed by atoms with E-state index in [0.717, 1.165) is 17.8 Å². The summed E-state index contributed by atoms with van der Waals surface area (Å²) in [6, 6.07) is 3.28. The molecule has 1 amide bonds. The lowest BCUT2D eigenvalue weighted by atomic mass is 10.1. The molecule has 0 saturated carbocycles. The first-order valence-electron chi connectivity index (χ1n) is 5.89. The molecular formula is C12H15N3O2S. The maximum absolute atomic E-state index is 11.7. The lowest BCUT2D eigenvalue weighted by molar-refractivity contribution is 0.0996. The molecule has 0 aromatic carbocycles. The minimum Gasteiger partial charge on any atom is -0.459 e. The fourth-order valence-electron chi connectivity index (χ4n) is 1.61. The van der Waals surface area contributed by atoms with Crippen LogP contribution in [0.1, 0.15) is 48.2 Å². The summed E-state index contributed by atoms with van der Waals surface area (Å²) < 4.78 is 5.00. The van der Waals surface area contributed by atoms with Gasteiger partial charge in [0.2, 0.25) is 5.13 Å². The predicted octanol–water partition coefficient (Wildman–Crippen LogP) is 3.29. The average molecular weight is 265 g/mol. The third kappa shape index (κ3) is 2.95. The van der Waals surface area contributed by atoms with Crippen LogP contribution in [-0.2, 0) is 0 Å². The van der Waals surface area contributed by atoms with Gasteiger partial charge in [0.15, 0.2) is 5.76 Å². The number of rotatable bonds is 5. The summed E-state index contributed by atoms with van der Waals surface area (Å²) in [7, 11) is 0. The normalized spacial score (nSPS) is 12.3. The SMILES string of the molecule is CCC[C@H](C)c1nnc(NC(=O)c2ccco2)s1. The van der Waals surface area contributed by atoms with Crippen LogP contribution in [0.25, 0.3) is 0 Å². The monoisotopic (exact) mass is 265 g/mol. The highest BCUT2D eigenvalue weighted by atomic mass is 32.1. The molecule has 2 rings (SSSR count). The van der Waals surface area contributed by atoms with Gasteiger partial charge < -0.3 is 4.42 Å². The van der Waals surface area contributed by atoms with Crippen molar-refractivity contribution < 1.29 is 9.21 Å². The Morgan fingerprint density at radius 1 is 1.56 bits per heavy atom. The topological polar surface area (TPSA) is 68.0 Å². The molecule has 18 heavy (non-hydrogen) atoms. The van der Waals surface area contributed by atoms with Gasteiger partial charge in [-0.05, 0) is 18.6 Å². The summed E-state index contributed by atoms with van der Waals surface area (Å²) in [4.78, 5) is 11.7. The van der Waals surface area contributed by atoms with Crippen molar-refractivity contribution in [2.75, 3.05) is 5.32 Å². The Hall–Kier alpha value is -1.69. The zero-order valence-electron chi connectivity index (χ0n) is 10.3. The summed E-state index contributed by atoms with van der Waals surface area (Å²) in [6.45, 7) is 4.25. The van der Waals surface area contributed by atoms with Crippen LogP contribution in [0.5, 0.6) is 0 Å². The van der Waals surface area contributed by atoms with Crippen LogP contribution in [0, 0.1) is 0 Å². The number of nitrogens with zero attached hydrogens (tertiary/aromatic N) is 2. The second-order valence-corrected chi connectivity index (χ2v) is 5.08. The fraction of sp³-hybridized carbons (Fsp3) is 0.417. The Balaban J connectivity index is 2.00. The largest absolute Gasteiger partial charge is 0.459 e. The second kappa shape index (κ2) is 5.77. The van der Waals surface area contributed by atoms with Crippen LogP contribution < -0.4 is 5.32 Å². The van der Waals surface area contributed by atoms with Gasteiger partial charge in [-0.2, -0.15) is 0 Å². The Kier molecular flexibility index (Phi) is 4.09. The molecule has 6 heteroatoms. The van der Waals surface area contributed by atoms with E-state index in [0.29, 0.717) is 11.0 Å². The quantitative estimate of drug-likeness (QED) is 0.900. The van der Waals surface area contributed by atoms with Crippen LogP contribution in [0.15, 0.2) is 22.8 Å². The lowest BCUT2D eigenvalue weighted by Gasteiger charge is -2.03. The van der Waals surface area contributed by atoms with Crippen LogP contribution in [0.3, 0.4) is 0 Å². The van der Waals surface area contributed by atoms with E-state index in [4.69, 9.17) is 4.42 Å². The van der Waals surface area contributed by atoms with Crippen LogP contribution in [0.2, 0.25) is 0 Å². The molecule has 0 saturated heterocycles. The van der Waals surface area contributed by atoms with Crippen molar-refractivity contribution in [3.05, 3.63) is 29.2 Å². The molecule has 1 atom stereocenters. The lowest BCUT2D eigenvalue weighted by Crippen LogP contribution is -2.10. The number of carbonyl (C=O) groups is 1. The van der Waals surface area contributed by atoms with Gasteiger partial charge in [-0.15, -0.1) is 10.2 Å². The first-order valence-corrected chi connectivity index (χ1v) is 6.70. The zero-order valence-corrected chi connectivity index (χ0v) is 11.2. The highest BCUT2D eigenvalue weighted by molar-refractivity contribution is 7.15. The van der Waals surface area contributed by atoms with Crippen molar-refractivity contribution in [2.45, 2.75) is 32.6 Å². The molecule has 2 aromatic rings. The van der Waals surface area contributed by atoms with Gasteiger partial charge in [0.25, 0.3) is 5.91 Å². The third-order valence-corrected chi connectivity index (χ3v) is 3.62. The summed E-state index contributed by atoms with van der Waals surface area (Å²) in [6.07, 6.45) is 3.64. The maximum Gasteiger partial charge on any atom is 0.293 e. The maximum atomic E-state index is 11.7. The highest BCUT2D eigenvalue weighted by Gasteiger charge is 2.14. The molecule has 2 heterocycles. The molecule has 0 spiro atoms. The fourth-order valence-corrected chi connectivity index (χ4v) is 2.43. The molecule has 1 N–H and O–H groups in total. The molecule has 0 radical (unpaired) electrons. The van der Waals surface area contributed by atoms with Gasteiger partial charge in [0.1, 0.15) is 5.01 Å². The van der Waals surface area contributed by atoms with E-state index in [1.165, 1.54) is 17.6 Å². The van der Waals surface area contributed by atoms with Gasteiger partial charge in [0.05, 0.1) is 6.26 Å². The number of anilines is 1. The van der Waals surface area contributed by atoms with E-state index >= 15 is 0 Å². The second-order valence-electron chi connectivity index (χ2n) is 4.07. The van der Waals surface area contributed by atoms with Crippen molar-refractivity contribution in [1.29, 1.82) is 0 Å². The van der Waals surface area contributed by atoms with Gasteiger partial charge in [0, 0.05) is 5.92 Å². The molecule has 96 valence electrons. The molecule has 0 aliphatic carbocycles. The number of carbonyl (C=O) groups excluding carboxylic acids is 1. The van der Waals surface area contributed by atoms with Gasteiger partial charge in [-0.3, -0.25) is 10.1 Å². The molecule has 5 nitrogen and oxygen atoms in total. The average Bonchev–Trinajstić information content (AvgIpc) is 2.99. The standard InChI is InChI=1S/C12H15N3O2S/c1-3-5-8(2)11-14-15-12(18-11)13-10(16)9-6-4-7-17-9/h4,6-8H,3,5H2,1-2H3,(H,13,15,16)/t8-/m0/s1. The number of nitrogens with one attached hydrogen (secondary N) is 1. The van der Waals surface area contributed by atoms with Crippen LogP contribution in [0.4, 0.5) is 5.13 Å². The van der Waals surface area contributed by atoms with Crippen molar-refractivity contribution in [3.8, 4) is 0 Å². The van der Waals surface area contributed by atoms with Gasteiger partial charge in [-0.1, -0.05) is 31.6 Å². The number of furan rings is 1. The van der Waals surface area contributed by atoms with Gasteiger partial charge >= 0.3 is 0 Å². The van der Waals surface area contributed by atoms with Crippen LogP contribution >= 0.6 is 11.3 Å². The smallest absolute Gasteiger partial charge is 0.293 e. The number of hydrogen-bond donors (Lipinski definition) is 1. The van der Waals surface area contributed by atoms with E-state index in [9.17, 15) is 4.79 Å². The summed E-state index contributed by atoms with van der Waals surface area (Å²) in [5, 5.41) is 12.2. The predicted molar refractivity (Wildman–Crippen MR) is 69.9 cm³/mol. The van der Waals surface area contributed by atoms with Crippen molar-refractivity contribution in [3.63, 3.8) is 0 Å². The van der Waals surface area contributed by atoms with Gasteiger partial charge in [-0.25, -0.2) is 0 Å². The minimum atomic E-state index is -0.300. The summed E-state index contributed by atoms with van der Waals surface area (Å²) >= 11 is 1.41. The van der Waals surface area contributed by atoms with Crippen LogP contribution in [-0.4, -0.2) is 16.1 Å². The zero-order chi connectivity index (χ0) is 13.0. The first kappa shape index (κ1) is 12.8. The van der Waals surface area contributed by atoms with E-state index < -0.39 is 0 Å². The van der Waals surface area contributed by atoms with E-state index in [2.05, 4.69) is 29.4 Å². The number of amides is 1. The Morgan fingerprint density at radius 2 is 2.39 bits per heavy atom. The summed E-state index contributed by atoms with van der Waals surface area (Å²) in [5.74, 6) is 0.348. The Labute approximate surface area is 109 Å². The van der Waals surface area contributed by atoms with Crippen molar-refractivity contribution in [2.24, 2.45) is 0 Å². The van der Waals surface area contributed by atoms with Crippen molar-refractivity contribution >= 4 is 22.4 Å². The molecule has 0 bridgehead atoms. The molecule has 0 unspecified atom stereocenters. The molecule has 0 aliphatic rings. The van der Waals surface area contributed by atoms with E-state index in [1.807, 2.05) is 0 Å². The van der Waals surface area contributed by atoms with E-state index in [-0.39, 0.29) is 11.7 Å². The minimum absolute atomic E-state index is 0.272. The summed E-state index contributed by atoms with van der Waals surface area (Å²) in [5.41, 5.74) is 0. The first-order chi connectivity index (χ1) is 8.70. The van der Waals surface area contributed by atoms with Crippen molar-refractivity contribution in [1.82, 2.24) is 10.2 Å². The number of hydrogen-bond acceptors (Lipinski definition) is 5.